The maximum atomic E-state index is 12.7. The lowest BCUT2D eigenvalue weighted by Crippen LogP contribution is -2.29. The van der Waals surface area contributed by atoms with Crippen molar-refractivity contribution in [3.8, 4) is 16.2 Å². The van der Waals surface area contributed by atoms with Gasteiger partial charge in [0.15, 0.2) is 0 Å². The number of hydrogen-bond donors (Lipinski definition) is 2. The Morgan fingerprint density at radius 3 is 2.42 bits per heavy atom. The Morgan fingerprint density at radius 1 is 0.962 bits per heavy atom. The minimum atomic E-state index is -0.711. The molecule has 26 heavy (non-hydrogen) atoms. The predicted molar refractivity (Wildman–Crippen MR) is 99.7 cm³/mol. The summed E-state index contributed by atoms with van der Waals surface area (Å²) >= 11 is 1.57. The first kappa shape index (κ1) is 16.4. The average molecular weight is 364 g/mol. The highest BCUT2D eigenvalue weighted by Crippen LogP contribution is 2.30. The summed E-state index contributed by atoms with van der Waals surface area (Å²) in [6.07, 6.45) is 0. The third-order valence-electron chi connectivity index (χ3n) is 4.29. The molecule has 6 heteroatoms. The fourth-order valence-electron chi connectivity index (χ4n) is 2.94. The summed E-state index contributed by atoms with van der Waals surface area (Å²) in [6.45, 7) is 0.247. The van der Waals surface area contributed by atoms with Crippen molar-refractivity contribution in [1.82, 2.24) is 10.2 Å². The first-order valence-corrected chi connectivity index (χ1v) is 8.98. The third-order valence-corrected chi connectivity index (χ3v) is 5.41. The maximum absolute atomic E-state index is 12.7. The lowest BCUT2D eigenvalue weighted by Gasteiger charge is -2.12. The molecule has 3 amide bonds. The van der Waals surface area contributed by atoms with E-state index in [-0.39, 0.29) is 18.2 Å². The normalized spacial score (nSPS) is 16.8. The Hall–Kier alpha value is -3.12. The van der Waals surface area contributed by atoms with Crippen molar-refractivity contribution in [2.75, 3.05) is 0 Å². The average Bonchev–Trinajstić information content (AvgIpc) is 3.24. The van der Waals surface area contributed by atoms with E-state index < -0.39 is 12.1 Å². The molecule has 0 saturated carbocycles. The van der Waals surface area contributed by atoms with Crippen LogP contribution in [-0.4, -0.2) is 21.9 Å². The Balaban J connectivity index is 1.52. The predicted octanol–water partition coefficient (Wildman–Crippen LogP) is 3.91. The fourth-order valence-corrected chi connectivity index (χ4v) is 3.94. The second-order valence-corrected chi connectivity index (χ2v) is 7.20. The number of hydrogen-bond acceptors (Lipinski definition) is 4. The first-order valence-electron chi connectivity index (χ1n) is 8.17. The lowest BCUT2D eigenvalue weighted by atomic mass is 10.1. The van der Waals surface area contributed by atoms with Crippen molar-refractivity contribution in [1.29, 1.82) is 0 Å². The van der Waals surface area contributed by atoms with Crippen LogP contribution in [0.25, 0.3) is 10.4 Å². The highest BCUT2D eigenvalue weighted by atomic mass is 32.1. The standard InChI is InChI=1S/C20H16N2O3S/c23-15-8-6-14(7-9-15)18-19(24)22(20(25)21-18)12-16-10-11-17(26-16)13-4-2-1-3-5-13/h1-11,18,23H,12H2,(H,21,25)/t18-/m1/s1. The van der Waals surface area contributed by atoms with E-state index in [2.05, 4.69) is 5.32 Å². The number of nitrogens with zero attached hydrogens (tertiary/aromatic N) is 1. The zero-order chi connectivity index (χ0) is 18.1. The molecule has 130 valence electrons. The van der Waals surface area contributed by atoms with Gasteiger partial charge in [-0.3, -0.25) is 9.69 Å². The quantitative estimate of drug-likeness (QED) is 0.690. The van der Waals surface area contributed by atoms with E-state index in [1.54, 1.807) is 23.5 Å². The molecule has 1 aliphatic rings. The molecule has 0 radical (unpaired) electrons. The molecule has 4 rings (SSSR count). The van der Waals surface area contributed by atoms with Gasteiger partial charge in [0.05, 0.1) is 6.54 Å². The van der Waals surface area contributed by atoms with Gasteiger partial charge in [0.2, 0.25) is 0 Å². The molecule has 0 unspecified atom stereocenters. The van der Waals surface area contributed by atoms with Crippen LogP contribution in [0.2, 0.25) is 0 Å². The first-order chi connectivity index (χ1) is 12.6. The number of phenols is 1. The van der Waals surface area contributed by atoms with Gasteiger partial charge in [-0.25, -0.2) is 4.79 Å². The molecule has 5 nitrogen and oxygen atoms in total. The van der Waals surface area contributed by atoms with Crippen molar-refractivity contribution in [3.63, 3.8) is 0 Å². The van der Waals surface area contributed by atoms with Gasteiger partial charge in [-0.1, -0.05) is 42.5 Å². The monoisotopic (exact) mass is 364 g/mol. The Bertz CT molecular complexity index is 951. The molecule has 1 saturated heterocycles. The van der Waals surface area contributed by atoms with Crippen LogP contribution in [0.5, 0.6) is 5.75 Å². The molecular formula is C20H16N2O3S. The van der Waals surface area contributed by atoms with E-state index >= 15 is 0 Å². The molecule has 1 fully saturated rings. The van der Waals surface area contributed by atoms with Crippen molar-refractivity contribution in [2.24, 2.45) is 0 Å². The number of carbonyl (C=O) groups excluding carboxylic acids is 2. The molecule has 0 aliphatic carbocycles. The number of nitrogens with one attached hydrogen (secondary N) is 1. The number of phenolic OH excluding ortho intramolecular Hbond substituents is 1. The summed E-state index contributed by atoms with van der Waals surface area (Å²) in [6, 6.07) is 19.1. The summed E-state index contributed by atoms with van der Waals surface area (Å²) in [7, 11) is 0. The van der Waals surface area contributed by atoms with Crippen LogP contribution in [0.15, 0.2) is 66.7 Å². The maximum Gasteiger partial charge on any atom is 0.325 e. The molecule has 0 spiro atoms. The molecule has 2 aromatic carbocycles. The molecule has 2 N–H and O–H groups in total. The van der Waals surface area contributed by atoms with Crippen molar-refractivity contribution >= 4 is 23.3 Å². The van der Waals surface area contributed by atoms with Gasteiger partial charge in [0.1, 0.15) is 11.8 Å². The SMILES string of the molecule is O=C1N[C@H](c2ccc(O)cc2)C(=O)N1Cc1ccc(-c2ccccc2)s1. The van der Waals surface area contributed by atoms with E-state index in [1.807, 2.05) is 42.5 Å². The number of thiophene rings is 1. The Labute approximate surface area is 154 Å². The van der Waals surface area contributed by atoms with Crippen LogP contribution in [0, 0.1) is 0 Å². The van der Waals surface area contributed by atoms with Crippen molar-refractivity contribution in [3.05, 3.63) is 77.2 Å². The van der Waals surface area contributed by atoms with Crippen LogP contribution >= 0.6 is 11.3 Å². The van der Waals surface area contributed by atoms with Gasteiger partial charge in [-0.05, 0) is 35.4 Å². The summed E-state index contributed by atoms with van der Waals surface area (Å²) in [5, 5.41) is 12.1. The largest absolute Gasteiger partial charge is 0.508 e. The molecule has 3 aromatic rings. The smallest absolute Gasteiger partial charge is 0.325 e. The van der Waals surface area contributed by atoms with Gasteiger partial charge < -0.3 is 10.4 Å². The molecule has 0 bridgehead atoms. The van der Waals surface area contributed by atoms with Crippen molar-refractivity contribution in [2.45, 2.75) is 12.6 Å². The van der Waals surface area contributed by atoms with Crippen LogP contribution in [-0.2, 0) is 11.3 Å². The van der Waals surface area contributed by atoms with E-state index in [4.69, 9.17) is 0 Å². The topological polar surface area (TPSA) is 69.6 Å². The van der Waals surface area contributed by atoms with E-state index in [0.29, 0.717) is 5.56 Å². The van der Waals surface area contributed by atoms with E-state index in [0.717, 1.165) is 15.3 Å². The third kappa shape index (κ3) is 3.07. The highest BCUT2D eigenvalue weighted by Gasteiger charge is 2.39. The van der Waals surface area contributed by atoms with E-state index in [1.165, 1.54) is 17.0 Å². The minimum Gasteiger partial charge on any atom is -0.508 e. The summed E-state index contributed by atoms with van der Waals surface area (Å²) < 4.78 is 0. The molecule has 1 aliphatic heterocycles. The zero-order valence-corrected chi connectivity index (χ0v) is 14.6. The Morgan fingerprint density at radius 2 is 1.69 bits per heavy atom. The summed E-state index contributed by atoms with van der Waals surface area (Å²) in [5.41, 5.74) is 1.77. The minimum absolute atomic E-state index is 0.120. The number of carbonyl (C=O) groups is 2. The van der Waals surface area contributed by atoms with Crippen LogP contribution in [0.4, 0.5) is 4.79 Å². The van der Waals surface area contributed by atoms with Crippen LogP contribution in [0.3, 0.4) is 0 Å². The van der Waals surface area contributed by atoms with E-state index in [9.17, 15) is 14.7 Å². The summed E-state index contributed by atoms with van der Waals surface area (Å²) in [5.74, 6) is -0.162. The van der Waals surface area contributed by atoms with Crippen molar-refractivity contribution < 1.29 is 14.7 Å². The zero-order valence-electron chi connectivity index (χ0n) is 13.8. The van der Waals surface area contributed by atoms with Gasteiger partial charge in [0, 0.05) is 9.75 Å². The van der Waals surface area contributed by atoms with Gasteiger partial charge in [-0.2, -0.15) is 0 Å². The fraction of sp³-hybridized carbons (Fsp3) is 0.100. The van der Waals surface area contributed by atoms with Gasteiger partial charge >= 0.3 is 6.03 Å². The molecule has 2 heterocycles. The number of aromatic hydroxyl groups is 1. The highest BCUT2D eigenvalue weighted by molar-refractivity contribution is 7.15. The number of imide groups is 1. The second-order valence-electron chi connectivity index (χ2n) is 6.03. The molecule has 1 atom stereocenters. The van der Waals surface area contributed by atoms with Gasteiger partial charge in [0.25, 0.3) is 5.91 Å². The second kappa shape index (κ2) is 6.65. The number of urea groups is 1. The molecular weight excluding hydrogens is 348 g/mol. The van der Waals surface area contributed by atoms with Crippen LogP contribution < -0.4 is 5.32 Å². The summed E-state index contributed by atoms with van der Waals surface area (Å²) in [4.78, 5) is 28.2. The van der Waals surface area contributed by atoms with Crippen LogP contribution in [0.1, 0.15) is 16.5 Å². The molecule has 1 aromatic heterocycles. The van der Waals surface area contributed by atoms with Gasteiger partial charge in [-0.15, -0.1) is 11.3 Å². The number of amides is 3. The Kier molecular flexibility index (Phi) is 4.18. The number of benzene rings is 2. The number of rotatable bonds is 4. The lowest BCUT2D eigenvalue weighted by molar-refractivity contribution is -0.127.